The van der Waals surface area contributed by atoms with Gasteiger partial charge < -0.3 is 4.79 Å². The third-order valence-electron chi connectivity index (χ3n) is 6.31. The molecule has 2 nitrogen and oxygen atoms in total. The third kappa shape index (κ3) is 11.0. The number of carbonyl (C=O) groups excluding carboxylic acids is 2. The first-order valence-corrected chi connectivity index (χ1v) is 12.3. The van der Waals surface area contributed by atoms with E-state index in [9.17, 15) is 14.0 Å². The van der Waals surface area contributed by atoms with E-state index >= 15 is 0 Å². The summed E-state index contributed by atoms with van der Waals surface area (Å²) >= 11 is 0. The number of hydrogen-bond donors (Lipinski definition) is 0. The maximum Gasteiger partial charge on any atom is 2.00 e. The van der Waals surface area contributed by atoms with Gasteiger partial charge in [0.05, 0.1) is 0 Å². The average Bonchev–Trinajstić information content (AvgIpc) is 2.82. The van der Waals surface area contributed by atoms with Gasteiger partial charge in [-0.2, -0.15) is 30.2 Å². The summed E-state index contributed by atoms with van der Waals surface area (Å²) in [4.78, 5) is 22.1. The number of ketones is 1. The largest absolute Gasteiger partial charge is 2.00 e. The number of aryl methyl sites for hydroxylation is 1. The Kier molecular flexibility index (Phi) is 18.2. The first-order valence-electron chi connectivity index (χ1n) is 12.3. The molecule has 0 bridgehead atoms. The van der Waals surface area contributed by atoms with Gasteiger partial charge in [0.25, 0.3) is 0 Å². The zero-order valence-electron chi connectivity index (χ0n) is 24.6. The molecule has 3 rings (SSSR count). The second kappa shape index (κ2) is 18.2. The van der Waals surface area contributed by atoms with Gasteiger partial charge in [0.2, 0.25) is 0 Å². The van der Waals surface area contributed by atoms with Crippen LogP contribution in [0.15, 0.2) is 30.3 Å². The Morgan fingerprint density at radius 2 is 1.22 bits per heavy atom. The first kappa shape index (κ1) is 37.0. The number of carbonyl (C=O) groups is 2. The molecular weight excluding hydrogens is 685 g/mol. The van der Waals surface area contributed by atoms with Crippen molar-refractivity contribution >= 4 is 12.1 Å². The second-order valence-corrected chi connectivity index (χ2v) is 9.09. The Balaban J connectivity index is 0. The van der Waals surface area contributed by atoms with Crippen LogP contribution in [-0.4, -0.2) is 12.1 Å². The fourth-order valence-corrected chi connectivity index (χ4v) is 3.64. The van der Waals surface area contributed by atoms with Crippen molar-refractivity contribution in [2.24, 2.45) is 0 Å². The molecular formula is C33H43FO2U. The molecule has 0 unspecified atom stereocenters. The minimum absolute atomic E-state index is 0. The van der Waals surface area contributed by atoms with Crippen LogP contribution in [0.4, 0.5) is 4.39 Å². The van der Waals surface area contributed by atoms with Crippen molar-refractivity contribution in [1.82, 2.24) is 0 Å². The van der Waals surface area contributed by atoms with Crippen molar-refractivity contribution in [2.45, 2.75) is 82.6 Å². The van der Waals surface area contributed by atoms with E-state index < -0.39 is 5.82 Å². The Hall–Kier alpha value is -2.15. The number of hydrogen-bond acceptors (Lipinski definition) is 2. The van der Waals surface area contributed by atoms with Crippen LogP contribution >= 0.6 is 0 Å². The van der Waals surface area contributed by atoms with Gasteiger partial charge in [-0.05, 0) is 69.4 Å². The first-order chi connectivity index (χ1) is 16.8. The maximum atomic E-state index is 13.0. The molecule has 0 fully saturated rings. The molecule has 3 aromatic carbocycles. The minimum Gasteiger partial charge on any atom is -0.300 e. The molecule has 0 aliphatic rings. The van der Waals surface area contributed by atoms with E-state index in [1.165, 1.54) is 23.1 Å². The van der Waals surface area contributed by atoms with Crippen LogP contribution in [0.25, 0.3) is 0 Å². The zero-order valence-corrected chi connectivity index (χ0v) is 28.7. The zero-order chi connectivity index (χ0) is 28.2. The molecule has 3 aromatic rings. The fraction of sp³-hybridized carbons (Fsp3) is 0.364. The summed E-state index contributed by atoms with van der Waals surface area (Å²) < 4.78 is 13.0. The Labute approximate surface area is 248 Å². The molecule has 0 spiro atoms. The van der Waals surface area contributed by atoms with E-state index in [1.54, 1.807) is 27.7 Å². The topological polar surface area (TPSA) is 34.1 Å². The van der Waals surface area contributed by atoms with Gasteiger partial charge >= 0.3 is 31.1 Å². The van der Waals surface area contributed by atoms with Gasteiger partial charge in [-0.1, -0.05) is 52.7 Å². The molecule has 0 N–H and O–H groups in total. The van der Waals surface area contributed by atoms with E-state index in [1.807, 2.05) is 44.2 Å². The average molecular weight is 729 g/mol. The smallest absolute Gasteiger partial charge is 0.300 e. The van der Waals surface area contributed by atoms with Gasteiger partial charge in [-0.15, -0.1) is 29.3 Å². The van der Waals surface area contributed by atoms with Gasteiger partial charge in [0, 0.05) is 11.4 Å². The molecule has 0 aliphatic carbocycles. The molecule has 0 heterocycles. The van der Waals surface area contributed by atoms with E-state index in [2.05, 4.69) is 47.6 Å². The van der Waals surface area contributed by atoms with Crippen LogP contribution in [-0.2, 0) is 0 Å². The molecule has 198 valence electrons. The summed E-state index contributed by atoms with van der Waals surface area (Å²) in [6, 6.07) is 12.4. The predicted octanol–water partition coefficient (Wildman–Crippen LogP) is 9.08. The van der Waals surface area contributed by atoms with Crippen LogP contribution in [0.3, 0.4) is 0 Å². The Morgan fingerprint density at radius 1 is 0.811 bits per heavy atom. The van der Waals surface area contributed by atoms with Crippen molar-refractivity contribution in [3.63, 3.8) is 0 Å². The normalized spacial score (nSPS) is 9.30. The van der Waals surface area contributed by atoms with Crippen molar-refractivity contribution in [3.05, 3.63) is 110 Å². The van der Waals surface area contributed by atoms with Crippen molar-refractivity contribution in [2.75, 3.05) is 0 Å². The maximum absolute atomic E-state index is 13.0. The standard InChI is InChI=1S/C13H18O.C10H10FO.C7H7.C3H8.U/c1-7-8(2)10(4)13(12(6)14)11(5)9(7)3;1-6-4-10(11)8(3)9(5-12)7(6)2;1-7-5-3-2-4-6-7;1-3-2;/h1-6H3;5H,1-3H3;2-6H,1H2;3H2,1-2H3;/q;2*-1;;+2. The van der Waals surface area contributed by atoms with Gasteiger partial charge in [-0.3, -0.25) is 4.79 Å². The van der Waals surface area contributed by atoms with Gasteiger partial charge in [-0.25, -0.2) is 4.39 Å². The summed E-state index contributed by atoms with van der Waals surface area (Å²) in [7, 11) is 0. The molecule has 37 heavy (non-hydrogen) atoms. The second-order valence-electron chi connectivity index (χ2n) is 9.09. The van der Waals surface area contributed by atoms with Crippen LogP contribution in [0, 0.1) is 105 Å². The molecule has 0 atom stereocenters. The van der Waals surface area contributed by atoms with Gasteiger partial charge in [0.1, 0.15) is 6.29 Å². The van der Waals surface area contributed by atoms with Crippen molar-refractivity contribution in [1.29, 1.82) is 0 Å². The Morgan fingerprint density at radius 3 is 1.54 bits per heavy atom. The molecule has 4 heteroatoms. The Bertz CT molecular complexity index is 1110. The van der Waals surface area contributed by atoms with Crippen molar-refractivity contribution < 1.29 is 45.1 Å². The molecule has 0 saturated heterocycles. The van der Waals surface area contributed by atoms with Crippen molar-refractivity contribution in [3.8, 4) is 0 Å². The molecule has 0 amide bonds. The SMILES string of the molecule is CC(=O)c1c(C)c(C)c(C)c(C)c1C.CCC.Cc1[c-]c(F)c(C)c(C=O)c1C.[CH2-]c1ccccc1.[U+2]. The fourth-order valence-electron chi connectivity index (χ4n) is 3.64. The number of halogens is 1. The van der Waals surface area contributed by atoms with Crippen LogP contribution in [0.5, 0.6) is 0 Å². The summed E-state index contributed by atoms with van der Waals surface area (Å²) in [6.07, 6.45) is 1.94. The minimum atomic E-state index is -0.430. The van der Waals surface area contributed by atoms with Crippen LogP contribution < -0.4 is 0 Å². The summed E-state index contributed by atoms with van der Waals surface area (Å²) in [5.74, 6) is -0.258. The van der Waals surface area contributed by atoms with E-state index in [0.29, 0.717) is 23.0 Å². The summed E-state index contributed by atoms with van der Waals surface area (Å²) in [5.41, 5.74) is 10.4. The van der Waals surface area contributed by atoms with E-state index in [4.69, 9.17) is 0 Å². The van der Waals surface area contributed by atoms with Gasteiger partial charge in [0.15, 0.2) is 5.78 Å². The monoisotopic (exact) mass is 728 g/mol. The van der Waals surface area contributed by atoms with E-state index in [-0.39, 0.29) is 36.9 Å². The quantitative estimate of drug-likeness (QED) is 0.150. The predicted molar refractivity (Wildman–Crippen MR) is 152 cm³/mol. The summed E-state index contributed by atoms with van der Waals surface area (Å²) in [6.45, 7) is 25.1. The third-order valence-corrected chi connectivity index (χ3v) is 6.31. The van der Waals surface area contributed by atoms with Crippen LogP contribution in [0.1, 0.15) is 98.0 Å². The molecule has 0 aromatic heterocycles. The number of Topliss-reactive ketones (excluding diaryl/α,β-unsaturated/α-hetero) is 1. The van der Waals surface area contributed by atoms with E-state index in [0.717, 1.165) is 27.8 Å². The van der Waals surface area contributed by atoms with Crippen LogP contribution in [0.2, 0.25) is 0 Å². The molecule has 0 aliphatic heterocycles. The summed E-state index contributed by atoms with van der Waals surface area (Å²) in [5, 5.41) is 0. The molecule has 0 radical (unpaired) electrons. The number of benzene rings is 3. The number of aldehydes is 1. The molecule has 0 saturated carbocycles. The number of rotatable bonds is 2.